The van der Waals surface area contributed by atoms with Crippen LogP contribution in [-0.2, 0) is 9.63 Å². The Bertz CT molecular complexity index is 243. The first-order chi connectivity index (χ1) is 9.70. The molecule has 120 valence electrons. The van der Waals surface area contributed by atoms with Crippen LogP contribution >= 0.6 is 0 Å². The topological polar surface area (TPSA) is 41.9 Å². The fourth-order valence-corrected chi connectivity index (χ4v) is 1.76. The molecule has 1 heterocycles. The van der Waals surface area contributed by atoms with Gasteiger partial charge >= 0.3 is 0 Å². The largest absolute Gasteiger partial charge is 0.396 e. The minimum atomic E-state index is 0.264. The maximum Gasteiger partial charge on any atom is 0.222 e. The Morgan fingerprint density at radius 2 is 1.60 bits per heavy atom. The van der Waals surface area contributed by atoms with Crippen molar-refractivity contribution in [3.05, 3.63) is 0 Å². The fourth-order valence-electron chi connectivity index (χ4n) is 1.76. The highest BCUT2D eigenvalue weighted by atomic mass is 16.6. The van der Waals surface area contributed by atoms with E-state index in [1.807, 2.05) is 46.4 Å². The summed E-state index contributed by atoms with van der Waals surface area (Å²) in [5.74, 6) is 0.264. The van der Waals surface area contributed by atoms with Gasteiger partial charge in [0.05, 0.1) is 5.71 Å². The van der Waals surface area contributed by atoms with Gasteiger partial charge in [0.25, 0.3) is 0 Å². The predicted octanol–water partition coefficient (Wildman–Crippen LogP) is 4.24. The van der Waals surface area contributed by atoms with Crippen LogP contribution in [0.3, 0.4) is 0 Å². The molecule has 1 aliphatic heterocycles. The molecule has 1 saturated heterocycles. The second-order valence-electron chi connectivity index (χ2n) is 4.42. The van der Waals surface area contributed by atoms with Crippen molar-refractivity contribution in [2.24, 2.45) is 5.16 Å². The van der Waals surface area contributed by atoms with Gasteiger partial charge in [0.15, 0.2) is 0 Å². The van der Waals surface area contributed by atoms with E-state index in [0.717, 1.165) is 38.1 Å². The van der Waals surface area contributed by atoms with Gasteiger partial charge in [-0.05, 0) is 39.5 Å². The average Bonchev–Trinajstić information content (AvgIpc) is 2.51. The molecule has 0 spiro atoms. The van der Waals surface area contributed by atoms with Crippen molar-refractivity contribution in [2.45, 2.75) is 73.6 Å². The van der Waals surface area contributed by atoms with E-state index in [1.165, 1.54) is 6.42 Å². The minimum Gasteiger partial charge on any atom is -0.396 e. The van der Waals surface area contributed by atoms with Crippen molar-refractivity contribution in [3.8, 4) is 0 Å². The number of oxime groups is 1. The van der Waals surface area contributed by atoms with E-state index in [4.69, 9.17) is 4.84 Å². The lowest BCUT2D eigenvalue weighted by Gasteiger charge is -2.26. The first kappa shape index (κ1) is 21.2. The molecule has 0 aliphatic carbocycles. The normalized spacial score (nSPS) is 13.2. The van der Waals surface area contributed by atoms with Crippen molar-refractivity contribution in [3.63, 3.8) is 0 Å². The number of piperidine rings is 1. The van der Waals surface area contributed by atoms with Gasteiger partial charge in [-0.15, -0.1) is 0 Å². The number of nitrogens with zero attached hydrogens (tertiary/aromatic N) is 2. The highest BCUT2D eigenvalue weighted by molar-refractivity contribution is 5.78. The molecule has 0 atom stereocenters. The Hall–Kier alpha value is -1.06. The SMILES string of the molecule is CC.CC.CC(C)=NOCCCC(=O)N1CCCCC1. The van der Waals surface area contributed by atoms with Gasteiger partial charge in [-0.25, -0.2) is 0 Å². The molecule has 0 aromatic rings. The van der Waals surface area contributed by atoms with Crippen LogP contribution < -0.4 is 0 Å². The van der Waals surface area contributed by atoms with Crippen molar-refractivity contribution in [2.75, 3.05) is 19.7 Å². The van der Waals surface area contributed by atoms with Crippen LogP contribution in [0.25, 0.3) is 0 Å². The van der Waals surface area contributed by atoms with Gasteiger partial charge in [-0.2, -0.15) is 0 Å². The van der Waals surface area contributed by atoms with E-state index >= 15 is 0 Å². The molecule has 1 aliphatic rings. The number of amides is 1. The van der Waals surface area contributed by atoms with Crippen molar-refractivity contribution >= 4 is 11.6 Å². The standard InChI is InChI=1S/C12H22N2O2.2C2H6/c1-11(2)13-16-10-6-7-12(15)14-8-4-3-5-9-14;2*1-2/h3-10H2,1-2H3;2*1-2H3. The molecule has 0 radical (unpaired) electrons. The Morgan fingerprint density at radius 3 is 2.10 bits per heavy atom. The molecule has 1 amide bonds. The summed E-state index contributed by atoms with van der Waals surface area (Å²) in [6.07, 6.45) is 4.91. The Labute approximate surface area is 125 Å². The maximum atomic E-state index is 11.7. The van der Waals surface area contributed by atoms with Gasteiger partial charge < -0.3 is 9.74 Å². The van der Waals surface area contributed by atoms with Crippen LogP contribution in [0.5, 0.6) is 0 Å². The van der Waals surface area contributed by atoms with Gasteiger partial charge in [-0.3, -0.25) is 4.79 Å². The maximum absolute atomic E-state index is 11.7. The summed E-state index contributed by atoms with van der Waals surface area (Å²) in [6.45, 7) is 14.2. The number of carbonyl (C=O) groups is 1. The lowest BCUT2D eigenvalue weighted by Crippen LogP contribution is -2.35. The van der Waals surface area contributed by atoms with E-state index in [1.54, 1.807) is 0 Å². The predicted molar refractivity (Wildman–Crippen MR) is 87.1 cm³/mol. The van der Waals surface area contributed by atoms with Crippen LogP contribution in [-0.4, -0.2) is 36.2 Å². The summed E-state index contributed by atoms with van der Waals surface area (Å²) in [5, 5.41) is 3.83. The second-order valence-corrected chi connectivity index (χ2v) is 4.42. The van der Waals surface area contributed by atoms with Crippen molar-refractivity contribution in [1.29, 1.82) is 0 Å². The highest BCUT2D eigenvalue weighted by Crippen LogP contribution is 2.10. The molecular formula is C16H34N2O2. The zero-order chi connectivity index (χ0) is 15.8. The molecule has 0 aromatic heterocycles. The van der Waals surface area contributed by atoms with Crippen molar-refractivity contribution in [1.82, 2.24) is 4.90 Å². The molecule has 1 rings (SSSR count). The highest BCUT2D eigenvalue weighted by Gasteiger charge is 2.15. The Kier molecular flexibility index (Phi) is 17.0. The Balaban J connectivity index is 0. The van der Waals surface area contributed by atoms with E-state index in [2.05, 4.69) is 5.16 Å². The van der Waals surface area contributed by atoms with Crippen LogP contribution in [0.2, 0.25) is 0 Å². The van der Waals surface area contributed by atoms with E-state index in [-0.39, 0.29) is 5.91 Å². The molecule has 0 aromatic carbocycles. The minimum absolute atomic E-state index is 0.264. The molecular weight excluding hydrogens is 252 g/mol. The summed E-state index contributed by atoms with van der Waals surface area (Å²) in [6, 6.07) is 0. The molecule has 4 nitrogen and oxygen atoms in total. The average molecular weight is 286 g/mol. The third-order valence-corrected chi connectivity index (χ3v) is 2.58. The van der Waals surface area contributed by atoms with E-state index in [0.29, 0.717) is 13.0 Å². The second kappa shape index (κ2) is 16.0. The summed E-state index contributed by atoms with van der Waals surface area (Å²) < 4.78 is 0. The number of hydrogen-bond donors (Lipinski definition) is 0. The molecule has 1 fully saturated rings. The quantitative estimate of drug-likeness (QED) is 0.431. The van der Waals surface area contributed by atoms with Gasteiger partial charge in [0, 0.05) is 19.5 Å². The lowest BCUT2D eigenvalue weighted by atomic mass is 10.1. The van der Waals surface area contributed by atoms with Gasteiger partial charge in [-0.1, -0.05) is 32.9 Å². The fraction of sp³-hybridized carbons (Fsp3) is 0.875. The number of rotatable bonds is 5. The summed E-state index contributed by atoms with van der Waals surface area (Å²) in [5.41, 5.74) is 0.905. The van der Waals surface area contributed by atoms with Crippen LogP contribution in [0.1, 0.15) is 73.6 Å². The summed E-state index contributed by atoms with van der Waals surface area (Å²) >= 11 is 0. The molecule has 4 heteroatoms. The summed E-state index contributed by atoms with van der Waals surface area (Å²) in [7, 11) is 0. The molecule has 0 N–H and O–H groups in total. The zero-order valence-corrected chi connectivity index (χ0v) is 14.4. The van der Waals surface area contributed by atoms with Crippen LogP contribution in [0.15, 0.2) is 5.16 Å². The van der Waals surface area contributed by atoms with Gasteiger partial charge in [0.1, 0.15) is 6.61 Å². The lowest BCUT2D eigenvalue weighted by molar-refractivity contribution is -0.132. The number of carbonyl (C=O) groups excluding carboxylic acids is 1. The molecule has 0 saturated carbocycles. The number of likely N-dealkylation sites (tertiary alicyclic amines) is 1. The van der Waals surface area contributed by atoms with E-state index < -0.39 is 0 Å². The molecule has 0 unspecified atom stereocenters. The summed E-state index contributed by atoms with van der Waals surface area (Å²) in [4.78, 5) is 18.7. The molecule has 20 heavy (non-hydrogen) atoms. The first-order valence-corrected chi connectivity index (χ1v) is 8.11. The Morgan fingerprint density at radius 1 is 1.05 bits per heavy atom. The van der Waals surface area contributed by atoms with E-state index in [9.17, 15) is 4.79 Å². The van der Waals surface area contributed by atoms with Crippen LogP contribution in [0, 0.1) is 0 Å². The molecule has 0 bridgehead atoms. The first-order valence-electron chi connectivity index (χ1n) is 8.11. The monoisotopic (exact) mass is 286 g/mol. The third kappa shape index (κ3) is 12.0. The van der Waals surface area contributed by atoms with Gasteiger partial charge in [0.2, 0.25) is 5.91 Å². The zero-order valence-electron chi connectivity index (χ0n) is 14.4. The third-order valence-electron chi connectivity index (χ3n) is 2.58. The van der Waals surface area contributed by atoms with Crippen LogP contribution in [0.4, 0.5) is 0 Å². The smallest absolute Gasteiger partial charge is 0.222 e. The van der Waals surface area contributed by atoms with Crippen molar-refractivity contribution < 1.29 is 9.63 Å². The number of hydrogen-bond acceptors (Lipinski definition) is 3.